The van der Waals surface area contributed by atoms with E-state index < -0.39 is 0 Å². The highest BCUT2D eigenvalue weighted by molar-refractivity contribution is 7.19. The van der Waals surface area contributed by atoms with Crippen LogP contribution >= 0.6 is 11.3 Å². The van der Waals surface area contributed by atoms with E-state index in [0.717, 1.165) is 0 Å². The van der Waals surface area contributed by atoms with Crippen molar-refractivity contribution in [1.82, 2.24) is 4.98 Å². The van der Waals surface area contributed by atoms with Crippen LogP contribution in [0.3, 0.4) is 0 Å². The van der Waals surface area contributed by atoms with Gasteiger partial charge in [-0.25, -0.2) is 0 Å². The van der Waals surface area contributed by atoms with E-state index in [-0.39, 0.29) is 5.41 Å². The quantitative estimate of drug-likeness (QED) is 0.635. The molecular weight excluding hydrogens is 190 g/mol. The monoisotopic (exact) mass is 205 g/mol. The molecule has 0 saturated heterocycles. The standard InChI is InChI=1S/C12H15NS/c1-8-11(12(2,3)4)9-7-13-6-5-10(9)14-8/h5-7H,1-4H3. The Morgan fingerprint density at radius 2 is 2.00 bits per heavy atom. The van der Waals surface area contributed by atoms with Gasteiger partial charge in [0.05, 0.1) is 0 Å². The summed E-state index contributed by atoms with van der Waals surface area (Å²) in [4.78, 5) is 5.62. The molecule has 74 valence electrons. The fourth-order valence-corrected chi connectivity index (χ4v) is 3.24. The molecular formula is C12H15NS. The van der Waals surface area contributed by atoms with Gasteiger partial charge in [0, 0.05) is 27.4 Å². The van der Waals surface area contributed by atoms with Gasteiger partial charge in [0.2, 0.25) is 0 Å². The number of pyridine rings is 1. The summed E-state index contributed by atoms with van der Waals surface area (Å²) in [5.41, 5.74) is 1.66. The van der Waals surface area contributed by atoms with Crippen molar-refractivity contribution < 1.29 is 0 Å². The van der Waals surface area contributed by atoms with E-state index in [4.69, 9.17) is 0 Å². The maximum absolute atomic E-state index is 4.21. The summed E-state index contributed by atoms with van der Waals surface area (Å²) in [6.45, 7) is 8.97. The molecule has 1 nitrogen and oxygen atoms in total. The van der Waals surface area contributed by atoms with Crippen LogP contribution in [0.15, 0.2) is 18.5 Å². The van der Waals surface area contributed by atoms with E-state index in [1.54, 1.807) is 0 Å². The van der Waals surface area contributed by atoms with E-state index in [0.29, 0.717) is 0 Å². The molecule has 0 bridgehead atoms. The number of hydrogen-bond donors (Lipinski definition) is 0. The summed E-state index contributed by atoms with van der Waals surface area (Å²) < 4.78 is 1.35. The van der Waals surface area contributed by atoms with Crippen LogP contribution in [0.4, 0.5) is 0 Å². The molecule has 2 heterocycles. The predicted octanol–water partition coefficient (Wildman–Crippen LogP) is 3.90. The average molecular weight is 205 g/mol. The topological polar surface area (TPSA) is 12.9 Å². The van der Waals surface area contributed by atoms with Crippen LogP contribution in [-0.4, -0.2) is 4.98 Å². The van der Waals surface area contributed by atoms with Gasteiger partial charge in [-0.2, -0.15) is 0 Å². The summed E-state index contributed by atoms with van der Waals surface area (Å²) in [5.74, 6) is 0. The molecule has 2 heteroatoms. The third kappa shape index (κ3) is 1.44. The van der Waals surface area contributed by atoms with Crippen LogP contribution in [0, 0.1) is 6.92 Å². The first kappa shape index (κ1) is 9.66. The highest BCUT2D eigenvalue weighted by Crippen LogP contribution is 2.37. The Kier molecular flexibility index (Phi) is 2.11. The molecule has 2 rings (SSSR count). The SMILES string of the molecule is Cc1sc2ccncc2c1C(C)(C)C. The Morgan fingerprint density at radius 1 is 1.29 bits per heavy atom. The Labute approximate surface area is 88.8 Å². The Bertz CT molecular complexity index is 463. The molecule has 0 aliphatic carbocycles. The predicted molar refractivity (Wildman–Crippen MR) is 63.1 cm³/mol. The number of thiophene rings is 1. The third-order valence-corrected chi connectivity index (χ3v) is 3.50. The molecule has 0 saturated carbocycles. The summed E-state index contributed by atoms with van der Waals surface area (Å²) in [5, 5.41) is 1.32. The van der Waals surface area contributed by atoms with Crippen LogP contribution in [0.2, 0.25) is 0 Å². The number of fused-ring (bicyclic) bond motifs is 1. The highest BCUT2D eigenvalue weighted by Gasteiger charge is 2.21. The van der Waals surface area contributed by atoms with E-state index in [9.17, 15) is 0 Å². The largest absolute Gasteiger partial charge is 0.264 e. The smallest absolute Gasteiger partial charge is 0.0379 e. The lowest BCUT2D eigenvalue weighted by Gasteiger charge is -2.19. The summed E-state index contributed by atoms with van der Waals surface area (Å²) >= 11 is 1.87. The minimum atomic E-state index is 0.214. The van der Waals surface area contributed by atoms with Crippen LogP contribution < -0.4 is 0 Å². The Balaban J connectivity index is 2.81. The molecule has 0 spiro atoms. The van der Waals surface area contributed by atoms with Crippen molar-refractivity contribution in [2.45, 2.75) is 33.1 Å². The van der Waals surface area contributed by atoms with Crippen LogP contribution in [0.1, 0.15) is 31.2 Å². The number of nitrogens with zero attached hydrogens (tertiary/aromatic N) is 1. The van der Waals surface area contributed by atoms with Crippen molar-refractivity contribution in [1.29, 1.82) is 0 Å². The fourth-order valence-electron chi connectivity index (χ4n) is 2.00. The van der Waals surface area contributed by atoms with Crippen LogP contribution in [0.5, 0.6) is 0 Å². The van der Waals surface area contributed by atoms with E-state index in [1.807, 2.05) is 23.7 Å². The second-order valence-electron chi connectivity index (χ2n) is 4.66. The lowest BCUT2D eigenvalue weighted by atomic mass is 9.85. The normalized spacial score (nSPS) is 12.3. The third-order valence-electron chi connectivity index (χ3n) is 2.42. The van der Waals surface area contributed by atoms with Gasteiger partial charge in [-0.3, -0.25) is 4.98 Å². The molecule has 14 heavy (non-hydrogen) atoms. The van der Waals surface area contributed by atoms with Gasteiger partial charge in [0.25, 0.3) is 0 Å². The molecule has 0 radical (unpaired) electrons. The Morgan fingerprint density at radius 3 is 2.64 bits per heavy atom. The summed E-state index contributed by atoms with van der Waals surface area (Å²) in [6, 6.07) is 2.10. The molecule has 0 fully saturated rings. The molecule has 0 aromatic carbocycles. The zero-order valence-electron chi connectivity index (χ0n) is 9.09. The van der Waals surface area contributed by atoms with E-state index in [1.165, 1.54) is 20.5 Å². The summed E-state index contributed by atoms with van der Waals surface area (Å²) in [7, 11) is 0. The molecule has 0 amide bonds. The molecule has 0 aliphatic rings. The van der Waals surface area contributed by atoms with Gasteiger partial charge >= 0.3 is 0 Å². The van der Waals surface area contributed by atoms with Gasteiger partial charge in [-0.1, -0.05) is 20.8 Å². The lowest BCUT2D eigenvalue weighted by Crippen LogP contribution is -2.11. The van der Waals surface area contributed by atoms with Crippen molar-refractivity contribution in [3.63, 3.8) is 0 Å². The van der Waals surface area contributed by atoms with Gasteiger partial charge in [-0.15, -0.1) is 11.3 Å². The van der Waals surface area contributed by atoms with Crippen LogP contribution in [0.25, 0.3) is 10.1 Å². The lowest BCUT2D eigenvalue weighted by molar-refractivity contribution is 0.594. The van der Waals surface area contributed by atoms with E-state index >= 15 is 0 Å². The van der Waals surface area contributed by atoms with Gasteiger partial charge in [0.1, 0.15) is 0 Å². The first-order valence-corrected chi connectivity index (χ1v) is 5.65. The number of aryl methyl sites for hydroxylation is 1. The molecule has 2 aromatic rings. The van der Waals surface area contributed by atoms with Crippen LogP contribution in [-0.2, 0) is 5.41 Å². The Hall–Kier alpha value is -0.890. The van der Waals surface area contributed by atoms with Gasteiger partial charge in [-0.05, 0) is 24.0 Å². The number of hydrogen-bond acceptors (Lipinski definition) is 2. The summed E-state index contributed by atoms with van der Waals surface area (Å²) in [6.07, 6.45) is 3.85. The van der Waals surface area contributed by atoms with E-state index in [2.05, 4.69) is 38.7 Å². The highest BCUT2D eigenvalue weighted by atomic mass is 32.1. The zero-order chi connectivity index (χ0) is 10.3. The van der Waals surface area contributed by atoms with Gasteiger partial charge < -0.3 is 0 Å². The number of rotatable bonds is 0. The second kappa shape index (κ2) is 3.06. The molecule has 0 atom stereocenters. The number of aromatic nitrogens is 1. The first-order valence-electron chi connectivity index (χ1n) is 4.84. The zero-order valence-corrected chi connectivity index (χ0v) is 9.90. The molecule has 2 aromatic heterocycles. The van der Waals surface area contributed by atoms with Crippen molar-refractivity contribution in [3.8, 4) is 0 Å². The maximum Gasteiger partial charge on any atom is 0.0379 e. The molecule has 0 unspecified atom stereocenters. The minimum absolute atomic E-state index is 0.214. The van der Waals surface area contributed by atoms with Crippen molar-refractivity contribution in [2.75, 3.05) is 0 Å². The molecule has 0 aliphatic heterocycles. The fraction of sp³-hybridized carbons (Fsp3) is 0.417. The van der Waals surface area contributed by atoms with Crippen molar-refractivity contribution >= 4 is 21.4 Å². The second-order valence-corrected chi connectivity index (χ2v) is 5.91. The van der Waals surface area contributed by atoms with Crippen molar-refractivity contribution in [3.05, 3.63) is 28.9 Å². The molecule has 0 N–H and O–H groups in total. The maximum atomic E-state index is 4.21. The first-order chi connectivity index (χ1) is 6.50. The average Bonchev–Trinajstić information content (AvgIpc) is 2.38. The van der Waals surface area contributed by atoms with Crippen molar-refractivity contribution in [2.24, 2.45) is 0 Å². The van der Waals surface area contributed by atoms with Gasteiger partial charge in [0.15, 0.2) is 0 Å². The minimum Gasteiger partial charge on any atom is -0.264 e.